The molecule has 2 aromatic heterocycles. The molecule has 0 bridgehead atoms. The number of hydrogen-bond acceptors (Lipinski definition) is 4. The molecule has 6 heteroatoms. The standard InChI is InChI=1S/C26H26N4O2/c1-28-23-11-10-22(32-25-9-5-6-12-27-25)17-21(23)18-24(28)26(31)30-15-13-29(14-16-30)19-20-7-3-2-4-8-20/h2-12,17-18H,13-16,19H2,1H3. The van der Waals surface area contributed by atoms with Gasteiger partial charge in [0.05, 0.1) is 0 Å². The van der Waals surface area contributed by atoms with Crippen LogP contribution in [0.1, 0.15) is 16.1 Å². The van der Waals surface area contributed by atoms with Crippen LogP contribution in [0.15, 0.2) is 79.0 Å². The minimum atomic E-state index is 0.0789. The molecule has 5 rings (SSSR count). The molecule has 0 radical (unpaired) electrons. The zero-order valence-corrected chi connectivity index (χ0v) is 18.1. The second-order valence-corrected chi connectivity index (χ2v) is 8.13. The molecule has 1 aliphatic rings. The van der Waals surface area contributed by atoms with Gasteiger partial charge < -0.3 is 14.2 Å². The number of pyridine rings is 1. The number of fused-ring (bicyclic) bond motifs is 1. The third-order valence-electron chi connectivity index (χ3n) is 6.00. The highest BCUT2D eigenvalue weighted by Gasteiger charge is 2.24. The van der Waals surface area contributed by atoms with Crippen LogP contribution in [-0.4, -0.2) is 51.4 Å². The minimum Gasteiger partial charge on any atom is -0.439 e. The summed E-state index contributed by atoms with van der Waals surface area (Å²) in [5.41, 5.74) is 3.01. The Balaban J connectivity index is 1.28. The van der Waals surface area contributed by atoms with E-state index in [1.807, 2.05) is 65.0 Å². The van der Waals surface area contributed by atoms with Gasteiger partial charge in [-0.3, -0.25) is 9.69 Å². The van der Waals surface area contributed by atoms with Crippen LogP contribution < -0.4 is 4.74 Å². The summed E-state index contributed by atoms with van der Waals surface area (Å²) >= 11 is 0. The summed E-state index contributed by atoms with van der Waals surface area (Å²) in [5, 5.41) is 0.979. The molecule has 4 aromatic rings. The van der Waals surface area contributed by atoms with Crippen LogP contribution in [0.3, 0.4) is 0 Å². The number of nitrogens with zero attached hydrogens (tertiary/aromatic N) is 4. The minimum absolute atomic E-state index is 0.0789. The zero-order valence-electron chi connectivity index (χ0n) is 18.1. The molecule has 0 aliphatic carbocycles. The lowest BCUT2D eigenvalue weighted by atomic mass is 10.2. The molecular formula is C26H26N4O2. The number of piperazine rings is 1. The number of hydrogen-bond donors (Lipinski definition) is 0. The fourth-order valence-electron chi connectivity index (χ4n) is 4.24. The van der Waals surface area contributed by atoms with Gasteiger partial charge in [-0.1, -0.05) is 36.4 Å². The lowest BCUT2D eigenvalue weighted by Gasteiger charge is -2.34. The Kier molecular flexibility index (Phi) is 5.60. The second kappa shape index (κ2) is 8.85. The molecule has 32 heavy (non-hydrogen) atoms. The first-order valence-corrected chi connectivity index (χ1v) is 10.9. The van der Waals surface area contributed by atoms with E-state index in [0.29, 0.717) is 17.3 Å². The lowest BCUT2D eigenvalue weighted by molar-refractivity contribution is 0.0619. The fraction of sp³-hybridized carbons (Fsp3) is 0.231. The molecular weight excluding hydrogens is 400 g/mol. The number of aromatic nitrogens is 2. The predicted molar refractivity (Wildman–Crippen MR) is 125 cm³/mol. The quantitative estimate of drug-likeness (QED) is 0.477. The number of ether oxygens (including phenoxy) is 1. The molecule has 162 valence electrons. The molecule has 1 amide bonds. The summed E-state index contributed by atoms with van der Waals surface area (Å²) in [6.07, 6.45) is 1.70. The van der Waals surface area contributed by atoms with Crippen molar-refractivity contribution in [2.45, 2.75) is 6.54 Å². The Labute approximate surface area is 187 Å². The maximum atomic E-state index is 13.3. The molecule has 1 saturated heterocycles. The Hall–Kier alpha value is -3.64. The number of carbonyl (C=O) groups excluding carboxylic acids is 1. The van der Waals surface area contributed by atoms with Crippen LogP contribution in [0.4, 0.5) is 0 Å². The molecule has 0 N–H and O–H groups in total. The van der Waals surface area contributed by atoms with Crippen LogP contribution in [0.5, 0.6) is 11.6 Å². The van der Waals surface area contributed by atoms with E-state index in [2.05, 4.69) is 34.1 Å². The highest BCUT2D eigenvalue weighted by atomic mass is 16.5. The van der Waals surface area contributed by atoms with Gasteiger partial charge in [-0.2, -0.15) is 0 Å². The van der Waals surface area contributed by atoms with Crippen molar-refractivity contribution in [2.24, 2.45) is 7.05 Å². The highest BCUT2D eigenvalue weighted by Crippen LogP contribution is 2.27. The van der Waals surface area contributed by atoms with Crippen molar-refractivity contribution in [3.8, 4) is 11.6 Å². The van der Waals surface area contributed by atoms with E-state index in [4.69, 9.17) is 4.74 Å². The van der Waals surface area contributed by atoms with Gasteiger partial charge in [-0.25, -0.2) is 4.98 Å². The molecule has 0 atom stereocenters. The van der Waals surface area contributed by atoms with Gasteiger partial charge in [0.15, 0.2) is 0 Å². The average Bonchev–Trinajstić information content (AvgIpc) is 3.16. The first-order chi connectivity index (χ1) is 15.7. The van der Waals surface area contributed by atoms with Crippen molar-refractivity contribution in [1.29, 1.82) is 0 Å². The summed E-state index contributed by atoms with van der Waals surface area (Å²) < 4.78 is 7.82. The predicted octanol–water partition coefficient (Wildman–Crippen LogP) is 4.32. The molecule has 0 saturated carbocycles. The number of amides is 1. The van der Waals surface area contributed by atoms with Crippen LogP contribution in [0, 0.1) is 0 Å². The summed E-state index contributed by atoms with van der Waals surface area (Å²) in [6, 6.07) is 23.9. The number of carbonyl (C=O) groups is 1. The molecule has 0 spiro atoms. The van der Waals surface area contributed by atoms with Gasteiger partial charge in [-0.05, 0) is 35.9 Å². The fourth-order valence-corrected chi connectivity index (χ4v) is 4.24. The van der Waals surface area contributed by atoms with Gasteiger partial charge >= 0.3 is 0 Å². The smallest absolute Gasteiger partial charge is 0.270 e. The van der Waals surface area contributed by atoms with Crippen LogP contribution in [0.2, 0.25) is 0 Å². The first kappa shape index (κ1) is 20.3. The van der Waals surface area contributed by atoms with E-state index in [-0.39, 0.29) is 5.91 Å². The highest BCUT2D eigenvalue weighted by molar-refractivity contribution is 5.99. The van der Waals surface area contributed by atoms with E-state index in [1.165, 1.54) is 5.56 Å². The third-order valence-corrected chi connectivity index (χ3v) is 6.00. The van der Waals surface area contributed by atoms with Gasteiger partial charge in [-0.15, -0.1) is 0 Å². The number of benzene rings is 2. The maximum Gasteiger partial charge on any atom is 0.270 e. The van der Waals surface area contributed by atoms with Gasteiger partial charge in [0.1, 0.15) is 11.4 Å². The van der Waals surface area contributed by atoms with Crippen LogP contribution in [0.25, 0.3) is 10.9 Å². The lowest BCUT2D eigenvalue weighted by Crippen LogP contribution is -2.48. The SMILES string of the molecule is Cn1c(C(=O)N2CCN(Cc3ccccc3)CC2)cc2cc(Oc3ccccn3)ccc21. The van der Waals surface area contributed by atoms with E-state index < -0.39 is 0 Å². The summed E-state index contributed by atoms with van der Waals surface area (Å²) in [5.74, 6) is 1.33. The van der Waals surface area contributed by atoms with Crippen molar-refractivity contribution in [3.63, 3.8) is 0 Å². The first-order valence-electron chi connectivity index (χ1n) is 10.9. The van der Waals surface area contributed by atoms with Crippen molar-refractivity contribution >= 4 is 16.8 Å². The van der Waals surface area contributed by atoms with Crippen LogP contribution >= 0.6 is 0 Å². The number of aryl methyl sites for hydroxylation is 1. The Bertz CT molecular complexity index is 1210. The van der Waals surface area contributed by atoms with E-state index in [1.54, 1.807) is 6.20 Å². The van der Waals surface area contributed by atoms with Gasteiger partial charge in [0, 0.05) is 62.9 Å². The second-order valence-electron chi connectivity index (χ2n) is 8.13. The van der Waals surface area contributed by atoms with E-state index in [0.717, 1.165) is 43.6 Å². The van der Waals surface area contributed by atoms with Crippen molar-refractivity contribution in [1.82, 2.24) is 19.4 Å². The molecule has 1 aliphatic heterocycles. The maximum absolute atomic E-state index is 13.3. The summed E-state index contributed by atoms with van der Waals surface area (Å²) in [4.78, 5) is 21.8. The van der Waals surface area contributed by atoms with Gasteiger partial charge in [0.25, 0.3) is 5.91 Å². The monoisotopic (exact) mass is 426 g/mol. The normalized spacial score (nSPS) is 14.6. The van der Waals surface area contributed by atoms with Gasteiger partial charge in [0.2, 0.25) is 5.88 Å². The Morgan fingerprint density at radius 2 is 1.72 bits per heavy atom. The van der Waals surface area contributed by atoms with E-state index >= 15 is 0 Å². The Morgan fingerprint density at radius 1 is 0.938 bits per heavy atom. The average molecular weight is 427 g/mol. The summed E-state index contributed by atoms with van der Waals surface area (Å²) in [6.45, 7) is 4.16. The van der Waals surface area contributed by atoms with Crippen molar-refractivity contribution in [3.05, 3.63) is 90.3 Å². The largest absolute Gasteiger partial charge is 0.439 e. The molecule has 0 unspecified atom stereocenters. The van der Waals surface area contributed by atoms with Crippen molar-refractivity contribution < 1.29 is 9.53 Å². The zero-order chi connectivity index (χ0) is 21.9. The number of rotatable bonds is 5. The molecule has 3 heterocycles. The Morgan fingerprint density at radius 3 is 2.47 bits per heavy atom. The molecule has 2 aromatic carbocycles. The topological polar surface area (TPSA) is 50.6 Å². The summed E-state index contributed by atoms with van der Waals surface area (Å²) in [7, 11) is 1.94. The van der Waals surface area contributed by atoms with Crippen molar-refractivity contribution in [2.75, 3.05) is 26.2 Å². The molecule has 1 fully saturated rings. The van der Waals surface area contributed by atoms with E-state index in [9.17, 15) is 4.79 Å². The van der Waals surface area contributed by atoms with Crippen LogP contribution in [-0.2, 0) is 13.6 Å². The third kappa shape index (κ3) is 4.22. The molecule has 6 nitrogen and oxygen atoms in total.